The molecule has 1 fully saturated rings. The topological polar surface area (TPSA) is 60.8 Å². The summed E-state index contributed by atoms with van der Waals surface area (Å²) in [5.74, 6) is 6.50. The summed E-state index contributed by atoms with van der Waals surface area (Å²) in [6.07, 6.45) is 8.35. The normalized spacial score (nSPS) is 19.0. The van der Waals surface area contributed by atoms with Gasteiger partial charge in [-0.05, 0) is 61.3 Å². The summed E-state index contributed by atoms with van der Waals surface area (Å²) in [6, 6.07) is 16.5. The molecule has 0 unspecified atom stereocenters. The summed E-state index contributed by atoms with van der Waals surface area (Å²) in [5.41, 5.74) is 4.70. The van der Waals surface area contributed by atoms with E-state index in [-0.39, 0.29) is 5.60 Å². The van der Waals surface area contributed by atoms with Crippen LogP contribution in [0.4, 0.5) is 0 Å². The van der Waals surface area contributed by atoms with Crippen LogP contribution in [0.2, 0.25) is 0 Å². The molecule has 0 radical (unpaired) electrons. The molecule has 2 heterocycles. The zero-order valence-corrected chi connectivity index (χ0v) is 15.4. The molecule has 27 heavy (non-hydrogen) atoms. The summed E-state index contributed by atoms with van der Waals surface area (Å²) in [7, 11) is 0. The van der Waals surface area contributed by atoms with Gasteiger partial charge in [-0.3, -0.25) is 0 Å². The minimum Gasteiger partial charge on any atom is -0.487 e. The quantitative estimate of drug-likeness (QED) is 0.496. The van der Waals surface area contributed by atoms with E-state index in [4.69, 9.17) is 15.0 Å². The Balaban J connectivity index is 1.67. The van der Waals surface area contributed by atoms with Gasteiger partial charge in [0.25, 0.3) is 0 Å². The van der Waals surface area contributed by atoms with Crippen LogP contribution in [0, 0.1) is 0 Å². The second-order valence-electron chi connectivity index (χ2n) is 7.80. The Morgan fingerprint density at radius 3 is 2.52 bits per heavy atom. The molecule has 4 nitrogen and oxygen atoms in total. The molecule has 1 aliphatic carbocycles. The van der Waals surface area contributed by atoms with Crippen molar-refractivity contribution in [2.24, 2.45) is 10.9 Å². The molecular weight excluding hydrogens is 336 g/mol. The molecule has 0 saturated heterocycles. The Labute approximate surface area is 158 Å². The number of rotatable bonds is 1. The monoisotopic (exact) mass is 360 g/mol. The van der Waals surface area contributed by atoms with Gasteiger partial charge >= 0.3 is 0 Å². The molecule has 1 spiro atoms. The number of ether oxygens (including phenoxy) is 1. The van der Waals surface area contributed by atoms with Crippen molar-refractivity contribution in [2.75, 3.05) is 0 Å². The molecule has 2 aromatic carbocycles. The van der Waals surface area contributed by atoms with E-state index in [0.717, 1.165) is 53.5 Å². The van der Waals surface area contributed by atoms with Crippen LogP contribution in [-0.4, -0.2) is 5.60 Å². The molecule has 4 heteroatoms. The highest BCUT2D eigenvalue weighted by atomic mass is 16.5. The van der Waals surface area contributed by atoms with Crippen LogP contribution in [0.1, 0.15) is 44.1 Å². The summed E-state index contributed by atoms with van der Waals surface area (Å²) >= 11 is 0. The fourth-order valence-corrected chi connectivity index (χ4v) is 4.65. The highest BCUT2D eigenvalue weighted by Crippen LogP contribution is 2.43. The first-order valence-corrected chi connectivity index (χ1v) is 9.86. The first kappa shape index (κ1) is 16.4. The molecular formula is C23H24N2O2. The maximum atomic E-state index is 6.57. The van der Waals surface area contributed by atoms with Gasteiger partial charge in [-0.15, -0.1) is 5.10 Å². The minimum atomic E-state index is 0.0248. The molecule has 1 saturated carbocycles. The number of hydrogen-bond acceptors (Lipinski definition) is 4. The molecule has 5 rings (SSSR count). The zero-order chi connectivity index (χ0) is 18.3. The van der Waals surface area contributed by atoms with E-state index in [0.29, 0.717) is 5.55 Å². The summed E-state index contributed by atoms with van der Waals surface area (Å²) < 4.78 is 12.5. The standard InChI is InChI=1S/C23H24N2O2/c24-25-22-14-18(16-7-3-1-4-8-16)19-13-17-9-12-23(10-5-2-6-11-23)27-20(17)15-21(19)26-22/h1,3-4,7-8,13-15H,2,5-6,9-12,24H2/b25-22-. The van der Waals surface area contributed by atoms with Gasteiger partial charge in [0.1, 0.15) is 16.9 Å². The van der Waals surface area contributed by atoms with Crippen LogP contribution in [0.15, 0.2) is 58.0 Å². The van der Waals surface area contributed by atoms with Crippen LogP contribution in [-0.2, 0) is 6.42 Å². The molecule has 3 aromatic rings. The van der Waals surface area contributed by atoms with E-state index in [1.54, 1.807) is 0 Å². The number of nitrogens with zero attached hydrogens (tertiary/aromatic N) is 1. The number of fused-ring (bicyclic) bond motifs is 2. The van der Waals surface area contributed by atoms with Gasteiger partial charge in [-0.1, -0.05) is 36.8 Å². The number of benzene rings is 2. The van der Waals surface area contributed by atoms with Crippen molar-refractivity contribution >= 4 is 11.0 Å². The van der Waals surface area contributed by atoms with E-state index in [1.165, 1.54) is 24.8 Å². The lowest BCUT2D eigenvalue weighted by Gasteiger charge is -2.41. The Morgan fingerprint density at radius 1 is 0.926 bits per heavy atom. The maximum absolute atomic E-state index is 6.57. The molecule has 2 aliphatic rings. The summed E-state index contributed by atoms with van der Waals surface area (Å²) in [5, 5.41) is 4.87. The Hall–Kier alpha value is -2.75. The lowest BCUT2D eigenvalue weighted by atomic mass is 9.79. The fraction of sp³-hybridized carbons (Fsp3) is 0.348. The van der Waals surface area contributed by atoms with Crippen LogP contribution in [0.5, 0.6) is 5.75 Å². The highest BCUT2D eigenvalue weighted by molar-refractivity contribution is 5.94. The molecule has 0 bridgehead atoms. The average molecular weight is 360 g/mol. The third kappa shape index (κ3) is 2.89. The molecule has 2 N–H and O–H groups in total. The Morgan fingerprint density at radius 2 is 1.74 bits per heavy atom. The number of aryl methyl sites for hydroxylation is 1. The Kier molecular flexibility index (Phi) is 3.92. The largest absolute Gasteiger partial charge is 0.487 e. The predicted octanol–water partition coefficient (Wildman–Crippen LogP) is 4.90. The van der Waals surface area contributed by atoms with Crippen LogP contribution >= 0.6 is 0 Å². The van der Waals surface area contributed by atoms with Gasteiger partial charge in [0, 0.05) is 17.5 Å². The minimum absolute atomic E-state index is 0.0248. The van der Waals surface area contributed by atoms with E-state index < -0.39 is 0 Å². The van der Waals surface area contributed by atoms with Crippen molar-refractivity contribution in [3.05, 3.63) is 59.6 Å². The van der Waals surface area contributed by atoms with Gasteiger partial charge < -0.3 is 15.0 Å². The molecule has 1 aromatic heterocycles. The van der Waals surface area contributed by atoms with Crippen molar-refractivity contribution in [3.63, 3.8) is 0 Å². The first-order chi connectivity index (χ1) is 13.3. The van der Waals surface area contributed by atoms with E-state index in [2.05, 4.69) is 23.3 Å². The number of hydrogen-bond donors (Lipinski definition) is 1. The predicted molar refractivity (Wildman–Crippen MR) is 106 cm³/mol. The molecule has 138 valence electrons. The maximum Gasteiger partial charge on any atom is 0.236 e. The highest BCUT2D eigenvalue weighted by Gasteiger charge is 2.37. The smallest absolute Gasteiger partial charge is 0.236 e. The lowest BCUT2D eigenvalue weighted by molar-refractivity contribution is 0.0109. The SMILES string of the molecule is N/N=c1/cc(-c2ccccc2)c2cc3c(cc2o1)OC1(CCCCC1)CC3. The lowest BCUT2D eigenvalue weighted by Crippen LogP contribution is -2.41. The fourth-order valence-electron chi connectivity index (χ4n) is 4.65. The van der Waals surface area contributed by atoms with Gasteiger partial charge in [-0.2, -0.15) is 0 Å². The molecule has 0 amide bonds. The van der Waals surface area contributed by atoms with Crippen molar-refractivity contribution in [1.82, 2.24) is 0 Å². The Bertz CT molecular complexity index is 1050. The van der Waals surface area contributed by atoms with Crippen molar-refractivity contribution in [1.29, 1.82) is 0 Å². The summed E-state index contributed by atoms with van der Waals surface area (Å²) in [4.78, 5) is 0. The second-order valence-corrected chi connectivity index (χ2v) is 7.80. The van der Waals surface area contributed by atoms with E-state index >= 15 is 0 Å². The third-order valence-electron chi connectivity index (χ3n) is 6.09. The van der Waals surface area contributed by atoms with Crippen molar-refractivity contribution < 1.29 is 9.15 Å². The van der Waals surface area contributed by atoms with Gasteiger partial charge in [0.2, 0.25) is 5.55 Å². The second kappa shape index (κ2) is 6.45. The summed E-state index contributed by atoms with van der Waals surface area (Å²) in [6.45, 7) is 0. The van der Waals surface area contributed by atoms with Gasteiger partial charge in [-0.25, -0.2) is 0 Å². The van der Waals surface area contributed by atoms with Gasteiger partial charge in [0.05, 0.1) is 0 Å². The average Bonchev–Trinajstić information content (AvgIpc) is 2.72. The van der Waals surface area contributed by atoms with E-state index in [1.807, 2.05) is 30.3 Å². The van der Waals surface area contributed by atoms with Gasteiger partial charge in [0.15, 0.2) is 0 Å². The van der Waals surface area contributed by atoms with Crippen LogP contribution < -0.4 is 16.1 Å². The molecule has 0 atom stereocenters. The van der Waals surface area contributed by atoms with Crippen molar-refractivity contribution in [3.8, 4) is 16.9 Å². The van der Waals surface area contributed by atoms with Crippen LogP contribution in [0.25, 0.3) is 22.1 Å². The van der Waals surface area contributed by atoms with E-state index in [9.17, 15) is 0 Å². The van der Waals surface area contributed by atoms with Crippen molar-refractivity contribution in [2.45, 2.75) is 50.5 Å². The third-order valence-corrected chi connectivity index (χ3v) is 6.09. The zero-order valence-electron chi connectivity index (χ0n) is 15.4. The van der Waals surface area contributed by atoms with Crippen LogP contribution in [0.3, 0.4) is 0 Å². The number of nitrogens with two attached hydrogens (primary N) is 1. The molecule has 1 aliphatic heterocycles. The first-order valence-electron chi connectivity index (χ1n) is 9.86.